The fourth-order valence-electron chi connectivity index (χ4n) is 1.81. The number of hydrogen-bond acceptors (Lipinski definition) is 3. The van der Waals surface area contributed by atoms with Crippen molar-refractivity contribution in [2.45, 2.75) is 43.8 Å². The zero-order valence-corrected chi connectivity index (χ0v) is 12.2. The van der Waals surface area contributed by atoms with E-state index in [9.17, 15) is 4.39 Å². The van der Waals surface area contributed by atoms with Crippen molar-refractivity contribution in [2.24, 2.45) is 0 Å². The zero-order chi connectivity index (χ0) is 13.6. The van der Waals surface area contributed by atoms with E-state index in [0.717, 1.165) is 5.46 Å². The summed E-state index contributed by atoms with van der Waals surface area (Å²) in [5, 5.41) is 0. The van der Waals surface area contributed by atoms with Gasteiger partial charge in [0.1, 0.15) is 5.82 Å². The molecule has 0 N–H and O–H groups in total. The summed E-state index contributed by atoms with van der Waals surface area (Å²) in [6.45, 7) is 7.94. The SMILES string of the molecule is CSc1ccc(B2OC(C)(C)C(C)(C)O2)cc1F. The summed E-state index contributed by atoms with van der Waals surface area (Å²) in [6.07, 6.45) is 1.85. The van der Waals surface area contributed by atoms with Gasteiger partial charge in [0, 0.05) is 4.90 Å². The van der Waals surface area contributed by atoms with Gasteiger partial charge in [-0.25, -0.2) is 4.39 Å². The van der Waals surface area contributed by atoms with E-state index in [4.69, 9.17) is 9.31 Å². The average molecular weight is 268 g/mol. The first-order chi connectivity index (χ1) is 8.27. The van der Waals surface area contributed by atoms with Crippen LogP contribution in [0.15, 0.2) is 23.1 Å². The van der Waals surface area contributed by atoms with E-state index in [2.05, 4.69) is 0 Å². The van der Waals surface area contributed by atoms with Crippen LogP contribution in [0.4, 0.5) is 4.39 Å². The normalized spacial score (nSPS) is 21.3. The minimum Gasteiger partial charge on any atom is -0.399 e. The quantitative estimate of drug-likeness (QED) is 0.607. The number of rotatable bonds is 2. The Balaban J connectivity index is 2.27. The molecule has 1 aliphatic rings. The third-order valence-electron chi connectivity index (χ3n) is 3.70. The summed E-state index contributed by atoms with van der Waals surface area (Å²) in [6, 6.07) is 5.12. The number of thioether (sulfide) groups is 1. The lowest BCUT2D eigenvalue weighted by atomic mass is 9.79. The Labute approximate surface area is 112 Å². The van der Waals surface area contributed by atoms with Crippen LogP contribution in [-0.4, -0.2) is 24.6 Å². The molecule has 1 aromatic rings. The van der Waals surface area contributed by atoms with E-state index in [1.807, 2.05) is 40.0 Å². The molecule has 0 radical (unpaired) electrons. The second kappa shape index (κ2) is 4.55. The van der Waals surface area contributed by atoms with Gasteiger partial charge in [0.25, 0.3) is 0 Å². The van der Waals surface area contributed by atoms with Gasteiger partial charge in [-0.15, -0.1) is 11.8 Å². The summed E-state index contributed by atoms with van der Waals surface area (Å²) in [4.78, 5) is 0.635. The van der Waals surface area contributed by atoms with Crippen LogP contribution < -0.4 is 5.46 Å². The van der Waals surface area contributed by atoms with Gasteiger partial charge in [0.15, 0.2) is 0 Å². The molecule has 1 aromatic carbocycles. The molecule has 5 heteroatoms. The molecule has 18 heavy (non-hydrogen) atoms. The minimum atomic E-state index is -0.500. The Bertz CT molecular complexity index is 446. The fourth-order valence-corrected chi connectivity index (χ4v) is 2.27. The van der Waals surface area contributed by atoms with Crippen LogP contribution in [0.2, 0.25) is 0 Å². The van der Waals surface area contributed by atoms with Crippen molar-refractivity contribution in [2.75, 3.05) is 6.26 Å². The molecule has 98 valence electrons. The Morgan fingerprint density at radius 1 is 1.11 bits per heavy atom. The summed E-state index contributed by atoms with van der Waals surface area (Å²) < 4.78 is 25.5. The second-order valence-corrected chi connectivity index (χ2v) is 6.33. The topological polar surface area (TPSA) is 18.5 Å². The van der Waals surface area contributed by atoms with E-state index in [1.54, 1.807) is 6.07 Å². The van der Waals surface area contributed by atoms with Gasteiger partial charge >= 0.3 is 7.12 Å². The van der Waals surface area contributed by atoms with Gasteiger partial charge in [-0.05, 0) is 51.5 Å². The van der Waals surface area contributed by atoms with Gasteiger partial charge in [0.05, 0.1) is 11.2 Å². The summed E-state index contributed by atoms with van der Waals surface area (Å²) >= 11 is 1.39. The van der Waals surface area contributed by atoms with E-state index >= 15 is 0 Å². The van der Waals surface area contributed by atoms with E-state index < -0.39 is 18.3 Å². The first-order valence-corrected chi connectivity index (χ1v) is 7.18. The number of halogens is 1. The molecule has 1 fully saturated rings. The van der Waals surface area contributed by atoms with Crippen LogP contribution in [0.3, 0.4) is 0 Å². The van der Waals surface area contributed by atoms with Crippen LogP contribution in [0, 0.1) is 5.82 Å². The monoisotopic (exact) mass is 268 g/mol. The van der Waals surface area contributed by atoms with E-state index in [0.29, 0.717) is 4.90 Å². The van der Waals surface area contributed by atoms with Crippen molar-refractivity contribution < 1.29 is 13.7 Å². The molecule has 0 aliphatic carbocycles. The molecule has 2 nitrogen and oxygen atoms in total. The van der Waals surface area contributed by atoms with Crippen molar-refractivity contribution in [3.63, 3.8) is 0 Å². The van der Waals surface area contributed by atoms with E-state index in [-0.39, 0.29) is 5.82 Å². The maximum absolute atomic E-state index is 13.8. The lowest BCUT2D eigenvalue weighted by Gasteiger charge is -2.32. The van der Waals surface area contributed by atoms with Gasteiger partial charge in [-0.1, -0.05) is 6.07 Å². The first kappa shape index (κ1) is 13.9. The predicted molar refractivity (Wildman–Crippen MR) is 73.9 cm³/mol. The molecular weight excluding hydrogens is 250 g/mol. The highest BCUT2D eigenvalue weighted by atomic mass is 32.2. The summed E-state index contributed by atoms with van der Waals surface area (Å²) in [5.74, 6) is -0.227. The van der Waals surface area contributed by atoms with Gasteiger partial charge < -0.3 is 9.31 Å². The molecule has 0 atom stereocenters. The van der Waals surface area contributed by atoms with Crippen LogP contribution in [0.25, 0.3) is 0 Å². The lowest BCUT2D eigenvalue weighted by molar-refractivity contribution is 0.00578. The molecule has 0 amide bonds. The summed E-state index contributed by atoms with van der Waals surface area (Å²) in [7, 11) is -0.500. The maximum atomic E-state index is 13.8. The number of hydrogen-bond donors (Lipinski definition) is 0. The van der Waals surface area contributed by atoms with Crippen molar-refractivity contribution in [3.05, 3.63) is 24.0 Å². The van der Waals surface area contributed by atoms with Gasteiger partial charge in [0.2, 0.25) is 0 Å². The molecule has 1 saturated heterocycles. The molecular formula is C13H18BFO2S. The second-order valence-electron chi connectivity index (χ2n) is 5.48. The van der Waals surface area contributed by atoms with Gasteiger partial charge in [-0.3, -0.25) is 0 Å². The van der Waals surface area contributed by atoms with Crippen molar-refractivity contribution in [1.29, 1.82) is 0 Å². The molecule has 0 spiro atoms. The highest BCUT2D eigenvalue weighted by molar-refractivity contribution is 7.98. The van der Waals surface area contributed by atoms with Crippen molar-refractivity contribution in [3.8, 4) is 0 Å². The van der Waals surface area contributed by atoms with E-state index in [1.165, 1.54) is 17.8 Å². The summed E-state index contributed by atoms with van der Waals surface area (Å²) in [5.41, 5.74) is -0.0671. The largest absolute Gasteiger partial charge is 0.494 e. The Morgan fingerprint density at radius 2 is 1.67 bits per heavy atom. The molecule has 0 saturated carbocycles. The fraction of sp³-hybridized carbons (Fsp3) is 0.538. The van der Waals surface area contributed by atoms with Crippen molar-refractivity contribution in [1.82, 2.24) is 0 Å². The standard InChI is InChI=1S/C13H18BFO2S/c1-12(2)13(3,4)17-14(16-12)9-6-7-11(18-5)10(15)8-9/h6-8H,1-5H3. The Kier molecular flexibility index (Phi) is 3.51. The average Bonchev–Trinajstić information content (AvgIpc) is 2.48. The smallest absolute Gasteiger partial charge is 0.399 e. The van der Waals surface area contributed by atoms with Crippen LogP contribution in [0.5, 0.6) is 0 Å². The molecule has 0 unspecified atom stereocenters. The Hall–Kier alpha value is -0.515. The minimum absolute atomic E-state index is 0.227. The van der Waals surface area contributed by atoms with Crippen LogP contribution in [0.1, 0.15) is 27.7 Å². The third kappa shape index (κ3) is 2.31. The molecule has 0 aromatic heterocycles. The number of benzene rings is 1. The van der Waals surface area contributed by atoms with Crippen LogP contribution in [-0.2, 0) is 9.31 Å². The Morgan fingerprint density at radius 3 is 2.11 bits per heavy atom. The van der Waals surface area contributed by atoms with Crippen molar-refractivity contribution >= 4 is 24.3 Å². The maximum Gasteiger partial charge on any atom is 0.494 e. The predicted octanol–water partition coefficient (Wildman–Crippen LogP) is 2.85. The third-order valence-corrected chi connectivity index (χ3v) is 4.47. The molecule has 1 heterocycles. The van der Waals surface area contributed by atoms with Gasteiger partial charge in [-0.2, -0.15) is 0 Å². The van der Waals surface area contributed by atoms with Crippen LogP contribution >= 0.6 is 11.8 Å². The highest BCUT2D eigenvalue weighted by Gasteiger charge is 2.51. The molecule has 1 aliphatic heterocycles. The zero-order valence-electron chi connectivity index (χ0n) is 11.4. The first-order valence-electron chi connectivity index (χ1n) is 5.96. The highest BCUT2D eigenvalue weighted by Crippen LogP contribution is 2.36. The lowest BCUT2D eigenvalue weighted by Crippen LogP contribution is -2.41. The molecule has 0 bridgehead atoms. The molecule has 2 rings (SSSR count).